The molecule has 0 saturated heterocycles. The van der Waals surface area contributed by atoms with Crippen molar-refractivity contribution in [3.63, 3.8) is 0 Å². The summed E-state index contributed by atoms with van der Waals surface area (Å²) in [5.41, 5.74) is -0.269. The van der Waals surface area contributed by atoms with Gasteiger partial charge in [-0.15, -0.1) is 0 Å². The summed E-state index contributed by atoms with van der Waals surface area (Å²) in [7, 11) is 0. The summed E-state index contributed by atoms with van der Waals surface area (Å²) in [4.78, 5) is 0. The van der Waals surface area contributed by atoms with E-state index in [4.69, 9.17) is 0 Å². The second-order valence-electron chi connectivity index (χ2n) is 3.40. The van der Waals surface area contributed by atoms with Crippen molar-refractivity contribution in [2.75, 3.05) is 0 Å². The van der Waals surface area contributed by atoms with Gasteiger partial charge in [-0.1, -0.05) is 36.4 Å². The van der Waals surface area contributed by atoms with Crippen molar-refractivity contribution in [2.45, 2.75) is 12.3 Å². The van der Waals surface area contributed by atoms with Gasteiger partial charge in [0.2, 0.25) is 0 Å². The number of rotatable bonds is 1. The number of halogens is 3. The van der Waals surface area contributed by atoms with Crippen LogP contribution in [0.1, 0.15) is 12.0 Å². The number of benzene rings is 1. The Hall–Kier alpha value is -1.51. The first-order valence-electron chi connectivity index (χ1n) is 4.61. The molecule has 0 fully saturated rings. The zero-order chi connectivity index (χ0) is 10.9. The van der Waals surface area contributed by atoms with Crippen LogP contribution in [0.15, 0.2) is 48.3 Å². The third kappa shape index (κ3) is 1.82. The molecule has 0 N–H and O–H groups in total. The van der Waals surface area contributed by atoms with Crippen LogP contribution in [0.3, 0.4) is 0 Å². The molecule has 1 aromatic rings. The van der Waals surface area contributed by atoms with Crippen molar-refractivity contribution in [2.24, 2.45) is 0 Å². The monoisotopic (exact) mass is 210 g/mol. The summed E-state index contributed by atoms with van der Waals surface area (Å²) >= 11 is 0. The van der Waals surface area contributed by atoms with E-state index in [9.17, 15) is 13.2 Å². The van der Waals surface area contributed by atoms with E-state index < -0.39 is 23.7 Å². The van der Waals surface area contributed by atoms with Crippen LogP contribution in [0.25, 0.3) is 5.57 Å². The van der Waals surface area contributed by atoms with Crippen molar-refractivity contribution >= 4 is 5.57 Å². The third-order valence-electron chi connectivity index (χ3n) is 2.31. The first-order valence-corrected chi connectivity index (χ1v) is 4.61. The van der Waals surface area contributed by atoms with E-state index >= 15 is 0 Å². The third-order valence-corrected chi connectivity index (χ3v) is 2.31. The van der Waals surface area contributed by atoms with Crippen LogP contribution in [-0.2, 0) is 0 Å². The fourth-order valence-corrected chi connectivity index (χ4v) is 1.62. The first-order chi connectivity index (χ1) is 7.11. The summed E-state index contributed by atoms with van der Waals surface area (Å²) < 4.78 is 40.3. The van der Waals surface area contributed by atoms with Gasteiger partial charge in [-0.25, -0.2) is 13.2 Å². The zero-order valence-electron chi connectivity index (χ0n) is 7.88. The highest BCUT2D eigenvalue weighted by Gasteiger charge is 2.38. The molecule has 15 heavy (non-hydrogen) atoms. The Morgan fingerprint density at radius 3 is 2.33 bits per heavy atom. The molecule has 2 rings (SSSR count). The van der Waals surface area contributed by atoms with E-state index in [-0.39, 0.29) is 5.56 Å². The van der Waals surface area contributed by atoms with Crippen LogP contribution in [-0.4, -0.2) is 5.92 Å². The second-order valence-corrected chi connectivity index (χ2v) is 3.40. The van der Waals surface area contributed by atoms with Crippen LogP contribution in [0, 0.1) is 0 Å². The molecule has 3 heteroatoms. The molecule has 0 unspecified atom stereocenters. The largest absolute Gasteiger partial charge is 0.280 e. The molecule has 0 saturated carbocycles. The van der Waals surface area contributed by atoms with Gasteiger partial charge in [-0.3, -0.25) is 0 Å². The molecule has 1 aromatic carbocycles. The molecule has 0 amide bonds. The quantitative estimate of drug-likeness (QED) is 0.658. The lowest BCUT2D eigenvalue weighted by Gasteiger charge is -2.22. The van der Waals surface area contributed by atoms with Crippen molar-refractivity contribution in [1.82, 2.24) is 0 Å². The molecule has 0 atom stereocenters. The molecule has 0 aromatic heterocycles. The van der Waals surface area contributed by atoms with Gasteiger partial charge in [0.15, 0.2) is 0 Å². The predicted octanol–water partition coefficient (Wildman–Crippen LogP) is 3.96. The lowest BCUT2D eigenvalue weighted by molar-refractivity contribution is 0.0673. The lowest BCUT2D eigenvalue weighted by Crippen LogP contribution is -2.20. The van der Waals surface area contributed by atoms with Gasteiger partial charge < -0.3 is 0 Å². The van der Waals surface area contributed by atoms with Crippen LogP contribution >= 0.6 is 0 Å². The van der Waals surface area contributed by atoms with Gasteiger partial charge in [-0.05, 0) is 11.6 Å². The van der Waals surface area contributed by atoms with Gasteiger partial charge in [0.05, 0.1) is 5.57 Å². The Morgan fingerprint density at radius 2 is 1.73 bits per heavy atom. The van der Waals surface area contributed by atoms with E-state index in [1.54, 1.807) is 18.2 Å². The topological polar surface area (TPSA) is 0 Å². The molecule has 0 spiro atoms. The summed E-state index contributed by atoms with van der Waals surface area (Å²) in [6.07, 6.45) is 1.81. The lowest BCUT2D eigenvalue weighted by atomic mass is 9.93. The van der Waals surface area contributed by atoms with Gasteiger partial charge in [0.25, 0.3) is 5.92 Å². The molecule has 1 aliphatic carbocycles. The molecule has 0 bridgehead atoms. The minimum atomic E-state index is -3.11. The Morgan fingerprint density at radius 1 is 1.07 bits per heavy atom. The van der Waals surface area contributed by atoms with E-state index in [0.29, 0.717) is 0 Å². The zero-order valence-corrected chi connectivity index (χ0v) is 7.88. The predicted molar refractivity (Wildman–Crippen MR) is 53.2 cm³/mol. The smallest absolute Gasteiger partial charge is 0.206 e. The summed E-state index contributed by atoms with van der Waals surface area (Å²) in [6.45, 7) is 0. The second kappa shape index (κ2) is 3.57. The molecular formula is C12H9F3. The standard InChI is InChI=1S/C12H9F3/c13-10-7-4-8-12(14,15)11(10)9-5-2-1-3-6-9/h1-7H,8H2. The fraction of sp³-hybridized carbons (Fsp3) is 0.167. The van der Waals surface area contributed by atoms with Gasteiger partial charge >= 0.3 is 0 Å². The normalized spacial score (nSPS) is 19.4. The maximum atomic E-state index is 13.5. The van der Waals surface area contributed by atoms with Crippen molar-refractivity contribution < 1.29 is 13.2 Å². The highest BCUT2D eigenvalue weighted by atomic mass is 19.3. The van der Waals surface area contributed by atoms with Crippen LogP contribution < -0.4 is 0 Å². The molecule has 1 aliphatic rings. The number of hydrogen-bond donors (Lipinski definition) is 0. The number of hydrogen-bond acceptors (Lipinski definition) is 0. The molecular weight excluding hydrogens is 201 g/mol. The molecule has 0 radical (unpaired) electrons. The van der Waals surface area contributed by atoms with Crippen molar-refractivity contribution in [3.05, 3.63) is 53.9 Å². The van der Waals surface area contributed by atoms with Crippen LogP contribution in [0.2, 0.25) is 0 Å². The van der Waals surface area contributed by atoms with E-state index in [1.165, 1.54) is 12.1 Å². The Balaban J connectivity index is 2.54. The average molecular weight is 210 g/mol. The number of allylic oxidation sites excluding steroid dienone is 4. The minimum absolute atomic E-state index is 0.240. The first kappa shape index (κ1) is 10.0. The molecule has 0 heterocycles. The van der Waals surface area contributed by atoms with Gasteiger partial charge in [0.1, 0.15) is 5.83 Å². The molecule has 0 nitrogen and oxygen atoms in total. The van der Waals surface area contributed by atoms with Crippen LogP contribution in [0.4, 0.5) is 13.2 Å². The van der Waals surface area contributed by atoms with Crippen molar-refractivity contribution in [3.8, 4) is 0 Å². The highest BCUT2D eigenvalue weighted by molar-refractivity contribution is 5.75. The van der Waals surface area contributed by atoms with Crippen LogP contribution in [0.5, 0.6) is 0 Å². The van der Waals surface area contributed by atoms with Crippen molar-refractivity contribution in [1.29, 1.82) is 0 Å². The van der Waals surface area contributed by atoms with E-state index in [2.05, 4.69) is 0 Å². The maximum absolute atomic E-state index is 13.5. The highest BCUT2D eigenvalue weighted by Crippen LogP contribution is 2.41. The Bertz CT molecular complexity index is 416. The number of alkyl halides is 2. The van der Waals surface area contributed by atoms with Gasteiger partial charge in [0, 0.05) is 6.42 Å². The SMILES string of the molecule is FC1=C(c2ccccc2)C(F)(F)CC=C1. The minimum Gasteiger partial charge on any atom is -0.206 e. The summed E-state index contributed by atoms with van der Waals surface area (Å²) in [5.74, 6) is -3.96. The van der Waals surface area contributed by atoms with E-state index in [0.717, 1.165) is 12.2 Å². The Kier molecular flexibility index (Phi) is 2.39. The molecule has 0 aliphatic heterocycles. The fourth-order valence-electron chi connectivity index (χ4n) is 1.62. The summed E-state index contributed by atoms with van der Waals surface area (Å²) in [5, 5.41) is 0. The van der Waals surface area contributed by atoms with E-state index in [1.807, 2.05) is 0 Å². The van der Waals surface area contributed by atoms with Gasteiger partial charge in [-0.2, -0.15) is 0 Å². The Labute approximate surface area is 85.7 Å². The maximum Gasteiger partial charge on any atom is 0.280 e. The average Bonchev–Trinajstić information content (AvgIpc) is 2.17. The molecule has 78 valence electrons. The summed E-state index contributed by atoms with van der Waals surface area (Å²) in [6, 6.07) is 7.91.